The third kappa shape index (κ3) is 5.64. The van der Waals surface area contributed by atoms with E-state index in [9.17, 15) is 13.2 Å². The third-order valence-electron chi connectivity index (χ3n) is 4.86. The van der Waals surface area contributed by atoms with E-state index in [1.165, 1.54) is 7.05 Å². The molecule has 2 aromatic rings. The molecule has 3 rings (SSSR count). The summed E-state index contributed by atoms with van der Waals surface area (Å²) in [6.07, 6.45) is 3.12. The van der Waals surface area contributed by atoms with Crippen molar-refractivity contribution in [2.75, 3.05) is 20.2 Å². The van der Waals surface area contributed by atoms with Crippen LogP contribution in [0, 0.1) is 0 Å². The maximum Gasteiger partial charge on any atom is 0.240 e. The molecule has 0 aliphatic carbocycles. The van der Waals surface area contributed by atoms with Crippen molar-refractivity contribution in [1.82, 2.24) is 9.62 Å². The monoisotopic (exact) mass is 422 g/mol. The van der Waals surface area contributed by atoms with Crippen LogP contribution in [0.3, 0.4) is 0 Å². The van der Waals surface area contributed by atoms with Gasteiger partial charge in [0.15, 0.2) is 0 Å². The molecule has 1 unspecified atom stereocenters. The Labute approximate surface area is 170 Å². The molecule has 1 amide bonds. The number of nitrogens with one attached hydrogen (secondary N) is 1. The molecule has 28 heavy (non-hydrogen) atoms. The normalized spacial score (nSPS) is 17.0. The highest BCUT2D eigenvalue weighted by atomic mass is 32.2. The molecule has 1 aromatic heterocycles. The molecule has 1 aliphatic heterocycles. The summed E-state index contributed by atoms with van der Waals surface area (Å²) < 4.78 is 31.6. The lowest BCUT2D eigenvalue weighted by atomic mass is 10.1. The molecule has 0 bridgehead atoms. The van der Waals surface area contributed by atoms with Gasteiger partial charge in [0, 0.05) is 24.4 Å². The number of sulfonamides is 1. The van der Waals surface area contributed by atoms with Crippen LogP contribution in [0.15, 0.2) is 46.7 Å². The zero-order chi connectivity index (χ0) is 20.0. The van der Waals surface area contributed by atoms with Crippen molar-refractivity contribution in [3.63, 3.8) is 0 Å². The highest BCUT2D eigenvalue weighted by Crippen LogP contribution is 2.19. The molecule has 6 nitrogen and oxygen atoms in total. The van der Waals surface area contributed by atoms with E-state index in [-0.39, 0.29) is 16.9 Å². The fourth-order valence-electron chi connectivity index (χ4n) is 3.24. The maximum absolute atomic E-state index is 12.9. The Morgan fingerprint density at radius 1 is 1.29 bits per heavy atom. The Bertz CT molecular complexity index is 858. The van der Waals surface area contributed by atoms with Gasteiger partial charge in [0.1, 0.15) is 0 Å². The van der Waals surface area contributed by atoms with Gasteiger partial charge in [-0.05, 0) is 55.5 Å². The Morgan fingerprint density at radius 3 is 2.68 bits per heavy atom. The van der Waals surface area contributed by atoms with Crippen LogP contribution in [0.1, 0.15) is 29.7 Å². The van der Waals surface area contributed by atoms with E-state index in [0.29, 0.717) is 25.9 Å². The number of hydrogen-bond donors (Lipinski definition) is 1. The SMILES string of the molecule is CNS(=O)(=O)c1ccc(CCC(=O)N(Cc2cccs2)CC2CCCO2)cc1. The number of aryl methyl sites for hydroxylation is 1. The van der Waals surface area contributed by atoms with Crippen molar-refractivity contribution in [3.8, 4) is 0 Å². The predicted octanol–water partition coefficient (Wildman–Crippen LogP) is 2.80. The third-order valence-corrected chi connectivity index (χ3v) is 7.15. The molecule has 1 atom stereocenters. The Morgan fingerprint density at radius 2 is 2.07 bits per heavy atom. The first kappa shape index (κ1) is 21.0. The summed E-state index contributed by atoms with van der Waals surface area (Å²) >= 11 is 1.65. The first-order valence-electron chi connectivity index (χ1n) is 9.42. The van der Waals surface area contributed by atoms with Crippen LogP contribution < -0.4 is 4.72 Å². The Kier molecular flexibility index (Phi) is 7.23. The van der Waals surface area contributed by atoms with Crippen LogP contribution in [0.25, 0.3) is 0 Å². The number of nitrogens with zero attached hydrogens (tertiary/aromatic N) is 1. The van der Waals surface area contributed by atoms with Crippen LogP contribution in [0.5, 0.6) is 0 Å². The van der Waals surface area contributed by atoms with Crippen molar-refractivity contribution >= 4 is 27.3 Å². The minimum Gasteiger partial charge on any atom is -0.376 e. The number of ether oxygens (including phenoxy) is 1. The fraction of sp³-hybridized carbons (Fsp3) is 0.450. The number of thiophene rings is 1. The number of benzene rings is 1. The minimum atomic E-state index is -3.44. The van der Waals surface area contributed by atoms with Gasteiger partial charge in [-0.25, -0.2) is 13.1 Å². The van der Waals surface area contributed by atoms with Gasteiger partial charge in [-0.1, -0.05) is 18.2 Å². The number of hydrogen-bond acceptors (Lipinski definition) is 5. The Hall–Kier alpha value is -1.74. The molecule has 1 aromatic carbocycles. The molecular weight excluding hydrogens is 396 g/mol. The molecular formula is C20H26N2O4S2. The molecule has 1 saturated heterocycles. The molecule has 2 heterocycles. The summed E-state index contributed by atoms with van der Waals surface area (Å²) in [6, 6.07) is 10.7. The maximum atomic E-state index is 12.9. The van der Waals surface area contributed by atoms with Gasteiger partial charge in [-0.15, -0.1) is 11.3 Å². The van der Waals surface area contributed by atoms with E-state index in [1.54, 1.807) is 35.6 Å². The van der Waals surface area contributed by atoms with E-state index in [0.717, 1.165) is 29.9 Å². The van der Waals surface area contributed by atoms with E-state index in [1.807, 2.05) is 22.4 Å². The summed E-state index contributed by atoms with van der Waals surface area (Å²) in [5.74, 6) is 0.0934. The van der Waals surface area contributed by atoms with Gasteiger partial charge in [0.2, 0.25) is 15.9 Å². The smallest absolute Gasteiger partial charge is 0.240 e. The van der Waals surface area contributed by atoms with Crippen molar-refractivity contribution in [2.45, 2.75) is 43.2 Å². The van der Waals surface area contributed by atoms with Crippen molar-refractivity contribution < 1.29 is 17.9 Å². The van der Waals surface area contributed by atoms with Crippen LogP contribution in [0.4, 0.5) is 0 Å². The Balaban J connectivity index is 1.60. The molecule has 0 saturated carbocycles. The zero-order valence-electron chi connectivity index (χ0n) is 16.0. The van der Waals surface area contributed by atoms with Crippen molar-refractivity contribution in [1.29, 1.82) is 0 Å². The molecule has 0 radical (unpaired) electrons. The highest BCUT2D eigenvalue weighted by molar-refractivity contribution is 7.89. The molecule has 8 heteroatoms. The second-order valence-electron chi connectivity index (χ2n) is 6.84. The summed E-state index contributed by atoms with van der Waals surface area (Å²) in [5, 5.41) is 2.02. The molecule has 1 N–H and O–H groups in total. The van der Waals surface area contributed by atoms with Crippen molar-refractivity contribution in [3.05, 3.63) is 52.2 Å². The molecule has 1 aliphatic rings. The number of carbonyl (C=O) groups excluding carboxylic acids is 1. The van der Waals surface area contributed by atoms with Gasteiger partial charge in [0.25, 0.3) is 0 Å². The van der Waals surface area contributed by atoms with E-state index in [2.05, 4.69) is 4.72 Å². The second kappa shape index (κ2) is 9.65. The van der Waals surface area contributed by atoms with Crippen LogP contribution in [-0.4, -0.2) is 45.5 Å². The summed E-state index contributed by atoms with van der Waals surface area (Å²) in [4.78, 5) is 16.1. The number of carbonyl (C=O) groups is 1. The van der Waals surface area contributed by atoms with Gasteiger partial charge in [-0.3, -0.25) is 4.79 Å². The van der Waals surface area contributed by atoms with Gasteiger partial charge >= 0.3 is 0 Å². The lowest BCUT2D eigenvalue weighted by molar-refractivity contribution is -0.133. The fourth-order valence-corrected chi connectivity index (χ4v) is 4.69. The van der Waals surface area contributed by atoms with Crippen LogP contribution >= 0.6 is 11.3 Å². The molecule has 1 fully saturated rings. The highest BCUT2D eigenvalue weighted by Gasteiger charge is 2.23. The number of rotatable bonds is 9. The van der Waals surface area contributed by atoms with Gasteiger partial charge in [0.05, 0.1) is 17.5 Å². The summed E-state index contributed by atoms with van der Waals surface area (Å²) in [5.41, 5.74) is 0.941. The predicted molar refractivity (Wildman–Crippen MR) is 110 cm³/mol. The molecule has 152 valence electrons. The largest absolute Gasteiger partial charge is 0.376 e. The quantitative estimate of drug-likeness (QED) is 0.674. The van der Waals surface area contributed by atoms with Crippen LogP contribution in [-0.2, 0) is 32.5 Å². The lowest BCUT2D eigenvalue weighted by Gasteiger charge is -2.25. The van der Waals surface area contributed by atoms with Crippen molar-refractivity contribution in [2.24, 2.45) is 0 Å². The van der Waals surface area contributed by atoms with Crippen LogP contribution in [0.2, 0.25) is 0 Å². The lowest BCUT2D eigenvalue weighted by Crippen LogP contribution is -2.36. The van der Waals surface area contributed by atoms with E-state index in [4.69, 9.17) is 4.74 Å². The first-order valence-corrected chi connectivity index (χ1v) is 11.8. The zero-order valence-corrected chi connectivity index (χ0v) is 17.6. The average Bonchev–Trinajstić information content (AvgIpc) is 3.40. The second-order valence-corrected chi connectivity index (χ2v) is 9.76. The number of amides is 1. The minimum absolute atomic E-state index is 0.0934. The first-order chi connectivity index (χ1) is 13.5. The summed E-state index contributed by atoms with van der Waals surface area (Å²) in [6.45, 7) is 2.00. The average molecular weight is 423 g/mol. The topological polar surface area (TPSA) is 75.7 Å². The van der Waals surface area contributed by atoms with E-state index >= 15 is 0 Å². The summed E-state index contributed by atoms with van der Waals surface area (Å²) in [7, 11) is -2.05. The van der Waals surface area contributed by atoms with E-state index < -0.39 is 10.0 Å². The standard InChI is InChI=1S/C20H26N2O4S2/c1-21-28(24,25)19-9-6-16(7-10-19)8-11-20(23)22(14-17-4-2-12-26-17)15-18-5-3-13-27-18/h3,5-7,9-10,13,17,21H,2,4,8,11-12,14-15H2,1H3. The molecule has 0 spiro atoms. The van der Waals surface area contributed by atoms with Gasteiger partial charge in [-0.2, -0.15) is 0 Å². The van der Waals surface area contributed by atoms with Gasteiger partial charge < -0.3 is 9.64 Å².